The second-order valence-corrected chi connectivity index (χ2v) is 4.19. The van der Waals surface area contributed by atoms with E-state index >= 15 is 0 Å². The number of rotatable bonds is 5. The molecule has 0 radical (unpaired) electrons. The van der Waals surface area contributed by atoms with Crippen LogP contribution < -0.4 is 5.32 Å². The van der Waals surface area contributed by atoms with Gasteiger partial charge in [0, 0.05) is 18.2 Å². The molecule has 1 heterocycles. The minimum absolute atomic E-state index is 0.552. The highest BCUT2D eigenvalue weighted by Crippen LogP contribution is 2.19. The zero-order valence-corrected chi connectivity index (χ0v) is 10.7. The molecule has 100 valence electrons. The van der Waals surface area contributed by atoms with Crippen LogP contribution in [0.25, 0.3) is 11.3 Å². The van der Waals surface area contributed by atoms with Gasteiger partial charge in [-0.25, -0.2) is 18.7 Å². The third-order valence-electron chi connectivity index (χ3n) is 2.75. The molecule has 0 saturated heterocycles. The van der Waals surface area contributed by atoms with Crippen LogP contribution in [0.4, 0.5) is 8.78 Å². The van der Waals surface area contributed by atoms with Crippen molar-refractivity contribution >= 4 is 0 Å². The van der Waals surface area contributed by atoms with Gasteiger partial charge in [0.2, 0.25) is 0 Å². The van der Waals surface area contributed by atoms with Crippen LogP contribution in [0.15, 0.2) is 30.5 Å². The normalized spacial score (nSPS) is 10.7. The quantitative estimate of drug-likeness (QED) is 0.842. The Hall–Kier alpha value is -1.88. The SMILES string of the molecule is CNCCCc1nccc(-c2ccc(F)c(F)c2)n1. The number of hydrogen-bond donors (Lipinski definition) is 1. The number of benzene rings is 1. The van der Waals surface area contributed by atoms with Gasteiger partial charge < -0.3 is 5.32 Å². The molecule has 0 aliphatic carbocycles. The Morgan fingerprint density at radius 1 is 1.16 bits per heavy atom. The van der Waals surface area contributed by atoms with Crippen LogP contribution in [-0.4, -0.2) is 23.6 Å². The molecule has 2 aromatic rings. The Morgan fingerprint density at radius 3 is 2.74 bits per heavy atom. The number of nitrogens with zero attached hydrogens (tertiary/aromatic N) is 2. The van der Waals surface area contributed by atoms with Gasteiger partial charge in [-0.1, -0.05) is 0 Å². The van der Waals surface area contributed by atoms with Crippen LogP contribution in [0.2, 0.25) is 0 Å². The fourth-order valence-electron chi connectivity index (χ4n) is 1.76. The van der Waals surface area contributed by atoms with Crippen LogP contribution in [0, 0.1) is 11.6 Å². The number of hydrogen-bond acceptors (Lipinski definition) is 3. The Labute approximate surface area is 110 Å². The average molecular weight is 263 g/mol. The van der Waals surface area contributed by atoms with Gasteiger partial charge in [-0.05, 0) is 44.3 Å². The van der Waals surface area contributed by atoms with Crippen molar-refractivity contribution in [3.63, 3.8) is 0 Å². The first-order valence-corrected chi connectivity index (χ1v) is 6.12. The number of halogens is 2. The summed E-state index contributed by atoms with van der Waals surface area (Å²) in [6.45, 7) is 0.888. The predicted molar refractivity (Wildman–Crippen MR) is 69.6 cm³/mol. The first-order valence-electron chi connectivity index (χ1n) is 6.12. The second-order valence-electron chi connectivity index (χ2n) is 4.19. The Morgan fingerprint density at radius 2 is 2.00 bits per heavy atom. The summed E-state index contributed by atoms with van der Waals surface area (Å²) in [6, 6.07) is 5.45. The molecule has 0 unspecified atom stereocenters. The molecule has 1 aromatic heterocycles. The molecule has 5 heteroatoms. The van der Waals surface area contributed by atoms with Gasteiger partial charge in [0.25, 0.3) is 0 Å². The topological polar surface area (TPSA) is 37.8 Å². The third-order valence-corrected chi connectivity index (χ3v) is 2.75. The lowest BCUT2D eigenvalue weighted by Gasteiger charge is -2.04. The molecule has 1 aromatic carbocycles. The summed E-state index contributed by atoms with van der Waals surface area (Å²) in [5, 5.41) is 3.05. The van der Waals surface area contributed by atoms with E-state index in [9.17, 15) is 8.78 Å². The van der Waals surface area contributed by atoms with Crippen LogP contribution in [-0.2, 0) is 6.42 Å². The maximum absolute atomic E-state index is 13.2. The zero-order chi connectivity index (χ0) is 13.7. The van der Waals surface area contributed by atoms with E-state index in [1.54, 1.807) is 12.3 Å². The Bertz CT molecular complexity index is 558. The number of aromatic nitrogens is 2. The minimum Gasteiger partial charge on any atom is -0.320 e. The molecule has 0 saturated carbocycles. The first-order chi connectivity index (χ1) is 9.20. The van der Waals surface area contributed by atoms with Gasteiger partial charge in [0.05, 0.1) is 5.69 Å². The molecular weight excluding hydrogens is 248 g/mol. The van der Waals surface area contributed by atoms with E-state index in [-0.39, 0.29) is 0 Å². The molecule has 0 atom stereocenters. The van der Waals surface area contributed by atoms with E-state index in [4.69, 9.17) is 0 Å². The maximum Gasteiger partial charge on any atom is 0.159 e. The standard InChI is InChI=1S/C14H15F2N3/c1-17-7-2-3-14-18-8-6-13(19-14)10-4-5-11(15)12(16)9-10/h4-6,8-9,17H,2-3,7H2,1H3. The molecule has 19 heavy (non-hydrogen) atoms. The van der Waals surface area contributed by atoms with E-state index in [2.05, 4.69) is 15.3 Å². The van der Waals surface area contributed by atoms with E-state index < -0.39 is 11.6 Å². The molecule has 0 fully saturated rings. The summed E-state index contributed by atoms with van der Waals surface area (Å²) < 4.78 is 26.1. The number of nitrogens with one attached hydrogen (secondary N) is 1. The van der Waals surface area contributed by atoms with Crippen molar-refractivity contribution < 1.29 is 8.78 Å². The summed E-state index contributed by atoms with van der Waals surface area (Å²) >= 11 is 0. The monoisotopic (exact) mass is 263 g/mol. The molecule has 2 rings (SSSR count). The van der Waals surface area contributed by atoms with Crippen molar-refractivity contribution in [3.05, 3.63) is 47.9 Å². The van der Waals surface area contributed by atoms with Crippen molar-refractivity contribution in [1.29, 1.82) is 0 Å². The predicted octanol–water partition coefficient (Wildman–Crippen LogP) is 2.57. The van der Waals surface area contributed by atoms with Crippen molar-refractivity contribution in [2.45, 2.75) is 12.8 Å². The van der Waals surface area contributed by atoms with Gasteiger partial charge in [0.1, 0.15) is 5.82 Å². The Balaban J connectivity index is 2.19. The molecule has 1 N–H and O–H groups in total. The molecule has 3 nitrogen and oxygen atoms in total. The largest absolute Gasteiger partial charge is 0.320 e. The molecule has 0 amide bonds. The lowest BCUT2D eigenvalue weighted by Crippen LogP contribution is -2.09. The molecule has 0 bridgehead atoms. The fraction of sp³-hybridized carbons (Fsp3) is 0.286. The van der Waals surface area contributed by atoms with E-state index in [1.165, 1.54) is 6.07 Å². The summed E-state index contributed by atoms with van der Waals surface area (Å²) in [5.41, 5.74) is 1.16. The minimum atomic E-state index is -0.868. The smallest absolute Gasteiger partial charge is 0.159 e. The Kier molecular flexibility index (Phi) is 4.52. The van der Waals surface area contributed by atoms with Crippen LogP contribution >= 0.6 is 0 Å². The van der Waals surface area contributed by atoms with Crippen molar-refractivity contribution in [1.82, 2.24) is 15.3 Å². The average Bonchev–Trinajstić information content (AvgIpc) is 2.43. The summed E-state index contributed by atoms with van der Waals surface area (Å²) in [4.78, 5) is 8.53. The summed E-state index contributed by atoms with van der Waals surface area (Å²) in [7, 11) is 1.89. The highest BCUT2D eigenvalue weighted by atomic mass is 19.2. The third kappa shape index (κ3) is 3.54. The van der Waals surface area contributed by atoms with Crippen molar-refractivity contribution in [3.8, 4) is 11.3 Å². The van der Waals surface area contributed by atoms with E-state index in [0.29, 0.717) is 17.1 Å². The zero-order valence-electron chi connectivity index (χ0n) is 10.7. The van der Waals surface area contributed by atoms with Crippen molar-refractivity contribution in [2.75, 3.05) is 13.6 Å². The number of aryl methyl sites for hydroxylation is 1. The second kappa shape index (κ2) is 6.33. The molecule has 0 aliphatic heterocycles. The van der Waals surface area contributed by atoms with Crippen LogP contribution in [0.5, 0.6) is 0 Å². The van der Waals surface area contributed by atoms with Gasteiger partial charge >= 0.3 is 0 Å². The highest BCUT2D eigenvalue weighted by molar-refractivity contribution is 5.58. The molecule has 0 aliphatic rings. The van der Waals surface area contributed by atoms with Crippen molar-refractivity contribution in [2.24, 2.45) is 0 Å². The summed E-state index contributed by atoms with van der Waals surface area (Å²) in [6.07, 6.45) is 3.31. The first kappa shape index (κ1) is 13.5. The van der Waals surface area contributed by atoms with Gasteiger partial charge in [-0.15, -0.1) is 0 Å². The van der Waals surface area contributed by atoms with Crippen LogP contribution in [0.3, 0.4) is 0 Å². The van der Waals surface area contributed by atoms with Gasteiger partial charge in [-0.3, -0.25) is 0 Å². The van der Waals surface area contributed by atoms with Gasteiger partial charge in [-0.2, -0.15) is 0 Å². The lowest BCUT2D eigenvalue weighted by atomic mass is 10.1. The molecule has 0 spiro atoms. The highest BCUT2D eigenvalue weighted by Gasteiger charge is 2.06. The lowest BCUT2D eigenvalue weighted by molar-refractivity contribution is 0.509. The van der Waals surface area contributed by atoms with E-state index in [1.807, 2.05) is 7.05 Å². The molecular formula is C14H15F2N3. The van der Waals surface area contributed by atoms with Gasteiger partial charge in [0.15, 0.2) is 11.6 Å². The maximum atomic E-state index is 13.2. The fourth-order valence-corrected chi connectivity index (χ4v) is 1.76. The van der Waals surface area contributed by atoms with Crippen LogP contribution in [0.1, 0.15) is 12.2 Å². The van der Waals surface area contributed by atoms with E-state index in [0.717, 1.165) is 31.5 Å². The summed E-state index contributed by atoms with van der Waals surface area (Å²) in [5.74, 6) is -1.02.